The van der Waals surface area contributed by atoms with Crippen molar-refractivity contribution in [3.05, 3.63) is 24.3 Å². The topological polar surface area (TPSA) is 78.9 Å². The molecule has 0 fully saturated rings. The molecule has 1 aromatic carbocycles. The Bertz CT molecular complexity index is 468. The van der Waals surface area contributed by atoms with Crippen LogP contribution in [-0.4, -0.2) is 41.7 Å². The maximum absolute atomic E-state index is 11.9. The van der Waals surface area contributed by atoms with Gasteiger partial charge in [-0.1, -0.05) is 0 Å². The van der Waals surface area contributed by atoms with Gasteiger partial charge in [-0.05, 0) is 38.1 Å². The molecule has 1 aromatic rings. The second-order valence-electron chi connectivity index (χ2n) is 4.58. The van der Waals surface area contributed by atoms with Crippen molar-refractivity contribution in [1.82, 2.24) is 4.90 Å². The molecule has 0 heterocycles. The lowest BCUT2D eigenvalue weighted by atomic mass is 10.1. The zero-order chi connectivity index (χ0) is 14.6. The number of amides is 2. The van der Waals surface area contributed by atoms with Gasteiger partial charge >= 0.3 is 12.0 Å². The lowest BCUT2D eigenvalue weighted by molar-refractivity contribution is -0.146. The number of carboxylic acids is 1. The Hall–Kier alpha value is -2.24. The quantitative estimate of drug-likeness (QED) is 0.873. The zero-order valence-electron chi connectivity index (χ0n) is 11.4. The first-order chi connectivity index (χ1) is 8.78. The number of hydrogen-bond donors (Lipinski definition) is 2. The van der Waals surface area contributed by atoms with Gasteiger partial charge in [-0.25, -0.2) is 9.59 Å². The van der Waals surface area contributed by atoms with Crippen LogP contribution in [-0.2, 0) is 4.79 Å². The number of aliphatic carboxylic acids is 1. The first-order valence-corrected chi connectivity index (χ1v) is 5.71. The number of carboxylic acid groups (broad SMARTS) is 1. The highest BCUT2D eigenvalue weighted by atomic mass is 16.5. The molecule has 0 saturated carbocycles. The number of hydrogen-bond acceptors (Lipinski definition) is 3. The summed E-state index contributed by atoms with van der Waals surface area (Å²) in [6, 6.07) is 6.28. The van der Waals surface area contributed by atoms with Crippen LogP contribution < -0.4 is 10.1 Å². The summed E-state index contributed by atoms with van der Waals surface area (Å²) in [4.78, 5) is 24.1. The molecular weight excluding hydrogens is 248 g/mol. The van der Waals surface area contributed by atoms with Crippen LogP contribution >= 0.6 is 0 Å². The molecule has 6 heteroatoms. The van der Waals surface area contributed by atoms with E-state index in [1.807, 2.05) is 0 Å². The van der Waals surface area contributed by atoms with Crippen molar-refractivity contribution < 1.29 is 19.4 Å². The van der Waals surface area contributed by atoms with E-state index >= 15 is 0 Å². The monoisotopic (exact) mass is 266 g/mol. The second kappa shape index (κ2) is 5.60. The van der Waals surface area contributed by atoms with E-state index in [1.165, 1.54) is 20.9 Å². The highest BCUT2D eigenvalue weighted by Gasteiger charge is 2.35. The van der Waals surface area contributed by atoms with Crippen LogP contribution in [0.5, 0.6) is 5.75 Å². The van der Waals surface area contributed by atoms with Crippen molar-refractivity contribution in [1.29, 1.82) is 0 Å². The van der Waals surface area contributed by atoms with Crippen molar-refractivity contribution in [2.45, 2.75) is 19.4 Å². The third-order valence-corrected chi connectivity index (χ3v) is 3.01. The van der Waals surface area contributed by atoms with Gasteiger partial charge in [0.05, 0.1) is 7.11 Å². The van der Waals surface area contributed by atoms with Gasteiger partial charge < -0.3 is 20.1 Å². The number of benzene rings is 1. The predicted molar refractivity (Wildman–Crippen MR) is 71.5 cm³/mol. The minimum absolute atomic E-state index is 0.488. The third kappa shape index (κ3) is 3.37. The number of urea groups is 1. The fourth-order valence-electron chi connectivity index (χ4n) is 1.28. The molecule has 0 aliphatic heterocycles. The SMILES string of the molecule is COc1ccc(NC(=O)N(C)C(C)(C)C(=O)O)cc1. The standard InChI is InChI=1S/C13H18N2O4/c1-13(2,11(16)17)15(3)12(18)14-9-5-7-10(19-4)8-6-9/h5-8H,1-4H3,(H,14,18)(H,16,17). The van der Waals surface area contributed by atoms with E-state index in [0.29, 0.717) is 11.4 Å². The third-order valence-electron chi connectivity index (χ3n) is 3.01. The number of nitrogens with one attached hydrogen (secondary N) is 1. The molecule has 0 unspecified atom stereocenters. The van der Waals surface area contributed by atoms with Crippen LogP contribution in [0.2, 0.25) is 0 Å². The van der Waals surface area contributed by atoms with Crippen molar-refractivity contribution in [2.75, 3.05) is 19.5 Å². The molecule has 6 nitrogen and oxygen atoms in total. The average molecular weight is 266 g/mol. The number of methoxy groups -OCH3 is 1. The molecule has 104 valence electrons. The maximum Gasteiger partial charge on any atom is 0.329 e. The molecule has 0 spiro atoms. The van der Waals surface area contributed by atoms with Crippen molar-refractivity contribution in [3.8, 4) is 5.75 Å². The van der Waals surface area contributed by atoms with Gasteiger partial charge in [0.15, 0.2) is 0 Å². The molecule has 1 rings (SSSR count). The van der Waals surface area contributed by atoms with E-state index in [9.17, 15) is 9.59 Å². The fraction of sp³-hybridized carbons (Fsp3) is 0.385. The van der Waals surface area contributed by atoms with Gasteiger partial charge in [0.25, 0.3) is 0 Å². The molecular formula is C13H18N2O4. The van der Waals surface area contributed by atoms with E-state index in [0.717, 1.165) is 4.90 Å². The van der Waals surface area contributed by atoms with Crippen LogP contribution in [0.3, 0.4) is 0 Å². The number of anilines is 1. The Kier molecular flexibility index (Phi) is 4.37. The summed E-state index contributed by atoms with van der Waals surface area (Å²) in [5.74, 6) is -0.392. The molecule has 0 aliphatic rings. The normalized spacial score (nSPS) is 10.7. The highest BCUT2D eigenvalue weighted by Crippen LogP contribution is 2.18. The minimum Gasteiger partial charge on any atom is -0.497 e. The van der Waals surface area contributed by atoms with Crippen LogP contribution in [0.25, 0.3) is 0 Å². The molecule has 0 radical (unpaired) electrons. The van der Waals surface area contributed by atoms with Crippen LogP contribution in [0.15, 0.2) is 24.3 Å². The first-order valence-electron chi connectivity index (χ1n) is 5.71. The van der Waals surface area contributed by atoms with Gasteiger partial charge in [0, 0.05) is 12.7 Å². The molecule has 0 aromatic heterocycles. The molecule has 19 heavy (non-hydrogen) atoms. The van der Waals surface area contributed by atoms with Gasteiger partial charge in [-0.3, -0.25) is 0 Å². The minimum atomic E-state index is -1.28. The smallest absolute Gasteiger partial charge is 0.329 e. The van der Waals surface area contributed by atoms with Gasteiger partial charge in [0.2, 0.25) is 0 Å². The summed E-state index contributed by atoms with van der Waals surface area (Å²) < 4.78 is 5.01. The Morgan fingerprint density at radius 1 is 1.26 bits per heavy atom. The summed E-state index contributed by atoms with van der Waals surface area (Å²) >= 11 is 0. The van der Waals surface area contributed by atoms with Gasteiger partial charge in [0.1, 0.15) is 11.3 Å². The molecule has 2 amide bonds. The van der Waals surface area contributed by atoms with Crippen LogP contribution in [0.1, 0.15) is 13.8 Å². The summed E-state index contributed by atoms with van der Waals surface area (Å²) in [6.07, 6.45) is 0. The van der Waals surface area contributed by atoms with Crippen LogP contribution in [0, 0.1) is 0 Å². The molecule has 0 bridgehead atoms. The first kappa shape index (κ1) is 14.8. The Morgan fingerprint density at radius 3 is 2.21 bits per heavy atom. The lowest BCUT2D eigenvalue weighted by Gasteiger charge is -2.31. The van der Waals surface area contributed by atoms with E-state index in [4.69, 9.17) is 9.84 Å². The predicted octanol–water partition coefficient (Wildman–Crippen LogP) is 2.02. The summed E-state index contributed by atoms with van der Waals surface area (Å²) in [5, 5.41) is 11.7. The zero-order valence-corrected chi connectivity index (χ0v) is 11.4. The molecule has 0 saturated heterocycles. The van der Waals surface area contributed by atoms with E-state index in [-0.39, 0.29) is 0 Å². The van der Waals surface area contributed by atoms with Crippen molar-refractivity contribution in [2.24, 2.45) is 0 Å². The Morgan fingerprint density at radius 2 is 1.79 bits per heavy atom. The molecule has 0 aliphatic carbocycles. The van der Waals surface area contributed by atoms with Crippen LogP contribution in [0.4, 0.5) is 10.5 Å². The highest BCUT2D eigenvalue weighted by molar-refractivity contribution is 5.93. The number of nitrogens with zero attached hydrogens (tertiary/aromatic N) is 1. The number of carbonyl (C=O) groups excluding carboxylic acids is 1. The summed E-state index contributed by atoms with van der Waals surface area (Å²) in [6.45, 7) is 2.92. The van der Waals surface area contributed by atoms with E-state index < -0.39 is 17.5 Å². The van der Waals surface area contributed by atoms with E-state index in [1.54, 1.807) is 31.4 Å². The Balaban J connectivity index is 2.76. The Labute approximate surface area is 112 Å². The van der Waals surface area contributed by atoms with Gasteiger partial charge in [-0.2, -0.15) is 0 Å². The number of likely N-dealkylation sites (N-methyl/N-ethyl adjacent to an activating group) is 1. The average Bonchev–Trinajstić information content (AvgIpc) is 2.38. The summed E-state index contributed by atoms with van der Waals surface area (Å²) in [7, 11) is 2.99. The number of carbonyl (C=O) groups is 2. The molecule has 0 atom stereocenters. The van der Waals surface area contributed by atoms with Crippen molar-refractivity contribution in [3.63, 3.8) is 0 Å². The maximum atomic E-state index is 11.9. The summed E-state index contributed by atoms with van der Waals surface area (Å²) in [5.41, 5.74) is -0.713. The number of rotatable bonds is 4. The number of ether oxygens (including phenoxy) is 1. The fourth-order valence-corrected chi connectivity index (χ4v) is 1.28. The van der Waals surface area contributed by atoms with E-state index in [2.05, 4.69) is 5.32 Å². The largest absolute Gasteiger partial charge is 0.497 e. The molecule has 2 N–H and O–H groups in total. The second-order valence-corrected chi connectivity index (χ2v) is 4.58. The van der Waals surface area contributed by atoms with Crippen molar-refractivity contribution >= 4 is 17.7 Å². The lowest BCUT2D eigenvalue weighted by Crippen LogP contribution is -2.52. The van der Waals surface area contributed by atoms with Gasteiger partial charge in [-0.15, -0.1) is 0 Å².